The molecule has 0 bridgehead atoms. The topological polar surface area (TPSA) is 75.7 Å². The summed E-state index contributed by atoms with van der Waals surface area (Å²) in [4.78, 5) is 37.2. The van der Waals surface area contributed by atoms with Crippen LogP contribution in [0.1, 0.15) is 42.1 Å². The number of benzene rings is 2. The van der Waals surface area contributed by atoms with E-state index < -0.39 is 0 Å². The van der Waals surface area contributed by atoms with Crippen LogP contribution in [-0.4, -0.2) is 29.2 Å². The summed E-state index contributed by atoms with van der Waals surface area (Å²) in [5.41, 5.74) is 1.92. The summed E-state index contributed by atoms with van der Waals surface area (Å²) in [5.74, 6) is 0.0915. The highest BCUT2D eigenvalue weighted by molar-refractivity contribution is 6.05. The number of carbonyl (C=O) groups excluding carboxylic acids is 3. The van der Waals surface area contributed by atoms with Crippen molar-refractivity contribution in [3.8, 4) is 5.75 Å². The van der Waals surface area contributed by atoms with E-state index in [2.05, 4.69) is 5.32 Å². The lowest BCUT2D eigenvalue weighted by Gasteiger charge is -2.14. The van der Waals surface area contributed by atoms with E-state index in [1.807, 2.05) is 25.1 Å². The summed E-state index contributed by atoms with van der Waals surface area (Å²) in [7, 11) is 0. The molecule has 0 spiro atoms. The number of amides is 3. The minimum absolute atomic E-state index is 0.148. The number of imide groups is 1. The minimum atomic E-state index is -0.248. The lowest BCUT2D eigenvalue weighted by Crippen LogP contribution is -2.28. The monoisotopic (exact) mass is 366 g/mol. The fourth-order valence-corrected chi connectivity index (χ4v) is 2.85. The largest absolute Gasteiger partial charge is 0.491 e. The van der Waals surface area contributed by atoms with Crippen LogP contribution < -0.4 is 10.1 Å². The van der Waals surface area contributed by atoms with Crippen molar-refractivity contribution >= 4 is 23.4 Å². The zero-order valence-corrected chi connectivity index (χ0v) is 15.2. The molecule has 3 rings (SSSR count). The maximum Gasteiger partial charge on any atom is 0.255 e. The van der Waals surface area contributed by atoms with Crippen LogP contribution >= 0.6 is 0 Å². The maximum absolute atomic E-state index is 12.5. The molecule has 1 N–H and O–H groups in total. The molecule has 1 aliphatic heterocycles. The van der Waals surface area contributed by atoms with E-state index in [0.29, 0.717) is 23.6 Å². The molecule has 0 aromatic heterocycles. The van der Waals surface area contributed by atoms with E-state index in [1.54, 1.807) is 30.3 Å². The van der Waals surface area contributed by atoms with Gasteiger partial charge in [0, 0.05) is 18.4 Å². The molecule has 1 aliphatic rings. The molecule has 1 fully saturated rings. The molecule has 140 valence electrons. The van der Waals surface area contributed by atoms with E-state index in [9.17, 15) is 14.4 Å². The zero-order chi connectivity index (χ0) is 19.2. The van der Waals surface area contributed by atoms with E-state index in [-0.39, 0.29) is 37.1 Å². The third kappa shape index (κ3) is 4.53. The van der Waals surface area contributed by atoms with Gasteiger partial charge >= 0.3 is 0 Å². The van der Waals surface area contributed by atoms with Crippen LogP contribution in [0.3, 0.4) is 0 Å². The van der Waals surface area contributed by atoms with Gasteiger partial charge in [0.25, 0.3) is 5.91 Å². The number of ether oxygens (including phenoxy) is 1. The quantitative estimate of drug-likeness (QED) is 0.762. The maximum atomic E-state index is 12.5. The van der Waals surface area contributed by atoms with Gasteiger partial charge in [0.1, 0.15) is 5.75 Å². The van der Waals surface area contributed by atoms with Crippen molar-refractivity contribution in [2.75, 3.05) is 11.9 Å². The van der Waals surface area contributed by atoms with Crippen molar-refractivity contribution < 1.29 is 19.1 Å². The summed E-state index contributed by atoms with van der Waals surface area (Å²) in [6, 6.07) is 14.2. The molecule has 0 radical (unpaired) electrons. The minimum Gasteiger partial charge on any atom is -0.491 e. The van der Waals surface area contributed by atoms with Gasteiger partial charge in [0.05, 0.1) is 18.8 Å². The predicted octanol–water partition coefficient (Wildman–Crippen LogP) is 3.38. The number of anilines is 1. The Labute approximate surface area is 158 Å². The van der Waals surface area contributed by atoms with Gasteiger partial charge in [-0.1, -0.05) is 31.2 Å². The Hall–Kier alpha value is -3.15. The molecule has 0 saturated carbocycles. The Morgan fingerprint density at radius 1 is 1.04 bits per heavy atom. The van der Waals surface area contributed by atoms with Crippen LogP contribution in [0, 0.1) is 0 Å². The van der Waals surface area contributed by atoms with Gasteiger partial charge in [-0.25, -0.2) is 0 Å². The van der Waals surface area contributed by atoms with Gasteiger partial charge in [-0.3, -0.25) is 19.3 Å². The number of nitrogens with one attached hydrogen (secondary N) is 1. The van der Waals surface area contributed by atoms with Gasteiger partial charge in [0.2, 0.25) is 11.8 Å². The van der Waals surface area contributed by atoms with Crippen LogP contribution in [0.25, 0.3) is 0 Å². The second kappa shape index (κ2) is 8.49. The fourth-order valence-electron chi connectivity index (χ4n) is 2.85. The lowest BCUT2D eigenvalue weighted by atomic mass is 10.1. The highest BCUT2D eigenvalue weighted by Crippen LogP contribution is 2.24. The first-order valence-corrected chi connectivity index (χ1v) is 9.04. The number of hydrogen-bond acceptors (Lipinski definition) is 4. The Morgan fingerprint density at radius 2 is 1.70 bits per heavy atom. The highest BCUT2D eigenvalue weighted by Gasteiger charge is 2.28. The summed E-state index contributed by atoms with van der Waals surface area (Å²) in [5, 5.41) is 2.86. The van der Waals surface area contributed by atoms with Crippen molar-refractivity contribution in [3.05, 3.63) is 59.7 Å². The molecule has 2 aromatic rings. The lowest BCUT2D eigenvalue weighted by molar-refractivity contribution is -0.139. The molecule has 6 heteroatoms. The molecule has 1 saturated heterocycles. The van der Waals surface area contributed by atoms with Crippen molar-refractivity contribution in [1.82, 2.24) is 4.90 Å². The third-order valence-corrected chi connectivity index (χ3v) is 4.31. The molecule has 0 unspecified atom stereocenters. The van der Waals surface area contributed by atoms with Crippen LogP contribution in [0.5, 0.6) is 5.75 Å². The molecule has 1 heterocycles. The van der Waals surface area contributed by atoms with Crippen molar-refractivity contribution in [2.45, 2.75) is 32.7 Å². The molecule has 0 atom stereocenters. The SMILES string of the molecule is CCCOc1ccccc1NC(=O)c1ccc(CN2C(=O)CCC2=O)cc1. The standard InChI is InChI=1S/C21H22N2O4/c1-2-13-27-18-6-4-3-5-17(18)22-21(26)16-9-7-15(8-10-16)14-23-19(24)11-12-20(23)25/h3-10H,2,11-14H2,1H3,(H,22,26). The first-order valence-electron chi connectivity index (χ1n) is 9.04. The first-order chi connectivity index (χ1) is 13.1. The molecule has 27 heavy (non-hydrogen) atoms. The number of para-hydroxylation sites is 2. The Bertz CT molecular complexity index is 830. The summed E-state index contributed by atoms with van der Waals surface area (Å²) < 4.78 is 5.65. The highest BCUT2D eigenvalue weighted by atomic mass is 16.5. The van der Waals surface area contributed by atoms with Gasteiger partial charge in [-0.15, -0.1) is 0 Å². The van der Waals surface area contributed by atoms with Crippen molar-refractivity contribution in [1.29, 1.82) is 0 Å². The van der Waals surface area contributed by atoms with Gasteiger partial charge < -0.3 is 10.1 Å². The average Bonchev–Trinajstić information content (AvgIpc) is 3.00. The number of hydrogen-bond donors (Lipinski definition) is 1. The number of nitrogens with zero attached hydrogens (tertiary/aromatic N) is 1. The van der Waals surface area contributed by atoms with E-state index in [1.165, 1.54) is 4.90 Å². The predicted molar refractivity (Wildman–Crippen MR) is 101 cm³/mol. The van der Waals surface area contributed by atoms with E-state index in [0.717, 1.165) is 12.0 Å². The van der Waals surface area contributed by atoms with Crippen LogP contribution in [0.15, 0.2) is 48.5 Å². The summed E-state index contributed by atoms with van der Waals surface area (Å²) >= 11 is 0. The molecular formula is C21H22N2O4. The van der Waals surface area contributed by atoms with Crippen LogP contribution in [0.2, 0.25) is 0 Å². The van der Waals surface area contributed by atoms with Crippen LogP contribution in [0.4, 0.5) is 5.69 Å². The molecule has 6 nitrogen and oxygen atoms in total. The second-order valence-corrected chi connectivity index (χ2v) is 6.37. The summed E-state index contributed by atoms with van der Waals surface area (Å²) in [6.07, 6.45) is 1.43. The van der Waals surface area contributed by atoms with Crippen molar-refractivity contribution in [3.63, 3.8) is 0 Å². The van der Waals surface area contributed by atoms with Gasteiger partial charge in [0.15, 0.2) is 0 Å². The number of carbonyl (C=O) groups is 3. The van der Waals surface area contributed by atoms with E-state index in [4.69, 9.17) is 4.74 Å². The first kappa shape index (κ1) is 18.6. The van der Waals surface area contributed by atoms with Crippen LogP contribution in [-0.2, 0) is 16.1 Å². The number of rotatable bonds is 7. The third-order valence-electron chi connectivity index (χ3n) is 4.31. The Morgan fingerprint density at radius 3 is 2.37 bits per heavy atom. The van der Waals surface area contributed by atoms with Gasteiger partial charge in [-0.2, -0.15) is 0 Å². The fraction of sp³-hybridized carbons (Fsp3) is 0.286. The smallest absolute Gasteiger partial charge is 0.255 e. The molecule has 2 aromatic carbocycles. The number of likely N-dealkylation sites (tertiary alicyclic amines) is 1. The molecular weight excluding hydrogens is 344 g/mol. The second-order valence-electron chi connectivity index (χ2n) is 6.37. The van der Waals surface area contributed by atoms with Gasteiger partial charge in [-0.05, 0) is 36.2 Å². The normalized spacial score (nSPS) is 13.7. The molecule has 0 aliphatic carbocycles. The zero-order valence-electron chi connectivity index (χ0n) is 15.2. The van der Waals surface area contributed by atoms with Crippen molar-refractivity contribution in [2.24, 2.45) is 0 Å². The van der Waals surface area contributed by atoms with E-state index >= 15 is 0 Å². The molecule has 3 amide bonds. The Balaban J connectivity index is 1.66. The summed E-state index contributed by atoms with van der Waals surface area (Å²) in [6.45, 7) is 2.84. The average molecular weight is 366 g/mol. The Kier molecular flexibility index (Phi) is 5.86.